The van der Waals surface area contributed by atoms with Crippen LogP contribution in [-0.2, 0) is 12.3 Å². The molecule has 4 heteroatoms. The van der Waals surface area contributed by atoms with Gasteiger partial charge in [-0.3, -0.25) is 0 Å². The molecule has 1 N–H and O–H groups in total. The van der Waals surface area contributed by atoms with Crippen molar-refractivity contribution < 1.29 is 0 Å². The van der Waals surface area contributed by atoms with Crippen LogP contribution in [0.1, 0.15) is 35.6 Å². The first-order valence-electron chi connectivity index (χ1n) is 16.2. The first kappa shape index (κ1) is 29.3. The Balaban J connectivity index is 1.44. The highest BCUT2D eigenvalue weighted by molar-refractivity contribution is 7.72. The van der Waals surface area contributed by atoms with Crippen LogP contribution in [0.5, 0.6) is 0 Å². The van der Waals surface area contributed by atoms with Gasteiger partial charge in [0, 0.05) is 34.1 Å². The van der Waals surface area contributed by atoms with Crippen LogP contribution < -0.4 is 21.2 Å². The Morgan fingerprint density at radius 3 is 1.91 bits per heavy atom. The minimum absolute atomic E-state index is 0.218. The third-order valence-electron chi connectivity index (χ3n) is 9.56. The van der Waals surface area contributed by atoms with Gasteiger partial charge in [-0.05, 0) is 87.8 Å². The number of pyridine rings is 1. The number of para-hydroxylation sites is 2. The Kier molecular flexibility index (Phi) is 7.81. The lowest BCUT2D eigenvalue weighted by atomic mass is 10.00. The summed E-state index contributed by atoms with van der Waals surface area (Å²) in [7, 11) is -1.39. The fraction of sp³-hybridized carbons (Fsp3) is 0.167. The molecule has 0 amide bonds. The zero-order valence-corrected chi connectivity index (χ0v) is 28.5. The molecule has 0 saturated carbocycles. The predicted molar refractivity (Wildman–Crippen MR) is 202 cm³/mol. The third-order valence-corrected chi connectivity index (χ3v) is 14.7. The molecule has 0 saturated heterocycles. The third kappa shape index (κ3) is 5.39. The molecule has 3 unspecified atom stereocenters. The highest BCUT2D eigenvalue weighted by Gasteiger charge is 2.29. The van der Waals surface area contributed by atoms with Crippen molar-refractivity contribution in [3.05, 3.63) is 161 Å². The quantitative estimate of drug-likeness (QED) is 0.152. The van der Waals surface area contributed by atoms with E-state index in [4.69, 9.17) is 4.98 Å². The van der Waals surface area contributed by atoms with E-state index in [2.05, 4.69) is 154 Å². The largest absolute Gasteiger partial charge is 0.377 e. The van der Waals surface area contributed by atoms with E-state index >= 15 is 0 Å². The van der Waals surface area contributed by atoms with Crippen molar-refractivity contribution in [2.45, 2.75) is 45.6 Å². The van der Waals surface area contributed by atoms with Crippen LogP contribution in [-0.4, -0.2) is 11.0 Å². The second kappa shape index (κ2) is 12.3. The van der Waals surface area contributed by atoms with E-state index in [1.807, 2.05) is 0 Å². The average molecular weight is 633 g/mol. The van der Waals surface area contributed by atoms with Crippen molar-refractivity contribution >= 4 is 59.3 Å². The van der Waals surface area contributed by atoms with E-state index in [-0.39, 0.29) is 6.04 Å². The Morgan fingerprint density at radius 1 is 0.652 bits per heavy atom. The van der Waals surface area contributed by atoms with E-state index in [0.717, 1.165) is 29.8 Å². The summed E-state index contributed by atoms with van der Waals surface area (Å²) in [6.07, 6.45) is 7.78. The maximum absolute atomic E-state index is 5.61. The van der Waals surface area contributed by atoms with Gasteiger partial charge in [0.05, 0.1) is 17.1 Å². The van der Waals surface area contributed by atoms with Gasteiger partial charge < -0.3 is 5.32 Å². The van der Waals surface area contributed by atoms with Crippen molar-refractivity contribution in [2.75, 3.05) is 5.32 Å². The van der Waals surface area contributed by atoms with Crippen LogP contribution in [0.3, 0.4) is 0 Å². The molecule has 226 valence electrons. The monoisotopic (exact) mass is 632 g/mol. The number of nitrogens with zero attached hydrogens (tertiary/aromatic N) is 1. The molecule has 0 spiro atoms. The minimum atomic E-state index is -0.717. The predicted octanol–water partition coefficient (Wildman–Crippen LogP) is 9.97. The Morgan fingerprint density at radius 2 is 1.26 bits per heavy atom. The summed E-state index contributed by atoms with van der Waals surface area (Å²) in [5.74, 6) is 0. The molecular formula is C42H38N2P2. The molecule has 3 atom stereocenters. The normalized spacial score (nSPS) is 19.6. The number of benzene rings is 5. The lowest BCUT2D eigenvalue weighted by molar-refractivity contribution is 0.858. The highest BCUT2D eigenvalue weighted by Crippen LogP contribution is 2.53. The number of aromatic nitrogens is 1. The summed E-state index contributed by atoms with van der Waals surface area (Å²) in [5, 5.41) is 12.5. The van der Waals surface area contributed by atoms with Gasteiger partial charge in [-0.25, -0.2) is 4.98 Å². The van der Waals surface area contributed by atoms with Crippen molar-refractivity contribution in [2.24, 2.45) is 0 Å². The van der Waals surface area contributed by atoms with E-state index in [0.29, 0.717) is 0 Å². The molecule has 2 heterocycles. The number of rotatable bonds is 2. The topological polar surface area (TPSA) is 24.9 Å². The summed E-state index contributed by atoms with van der Waals surface area (Å²) in [6, 6.07) is 43.3. The smallest absolute Gasteiger partial charge is 0.0748 e. The van der Waals surface area contributed by atoms with Crippen LogP contribution in [0.25, 0.3) is 21.8 Å². The highest BCUT2D eigenvalue weighted by atomic mass is 31.1. The SMILES string of the molecule is CC1=CCC2Nc3ccc(C)cc3P(c3ccccc3)Cc3cccc4c(C)c5cccc(c5nc34)CP(c3ccccc3)C2=C1. The number of allylic oxidation sites excluding steroid dienone is 2. The number of fused-ring (bicyclic) bond motifs is 2. The average Bonchev–Trinajstić information content (AvgIpc) is 3.08. The molecule has 5 aromatic carbocycles. The molecule has 2 aliphatic rings. The van der Waals surface area contributed by atoms with E-state index in [9.17, 15) is 0 Å². The van der Waals surface area contributed by atoms with Gasteiger partial charge in [-0.15, -0.1) is 0 Å². The van der Waals surface area contributed by atoms with Gasteiger partial charge in [-0.2, -0.15) is 0 Å². The first-order valence-corrected chi connectivity index (χ1v) is 19.3. The molecule has 8 rings (SSSR count). The van der Waals surface area contributed by atoms with E-state index in [1.165, 1.54) is 65.5 Å². The molecule has 0 radical (unpaired) electrons. The maximum atomic E-state index is 5.61. The first-order chi connectivity index (χ1) is 22.5. The standard InChI is InChI=1S/C42H38N2P2/c1-28-20-22-37-39(24-28)45(33-14-6-4-7-15-33)26-31-12-10-18-35-30(3)36-19-11-13-32(42(36)44-41(31)35)27-46(34-16-8-5-9-17-34)40-25-29(2)21-23-38(40)43-37/h4-22,24-25,38,43H,23,26-27H2,1-3H3. The van der Waals surface area contributed by atoms with Crippen molar-refractivity contribution in [3.8, 4) is 0 Å². The summed E-state index contributed by atoms with van der Waals surface area (Å²) in [4.78, 5) is 5.61. The zero-order chi connectivity index (χ0) is 31.2. The number of hydrogen-bond acceptors (Lipinski definition) is 2. The van der Waals surface area contributed by atoms with Crippen molar-refractivity contribution in [1.29, 1.82) is 0 Å². The Labute approximate surface area is 274 Å². The van der Waals surface area contributed by atoms with Crippen LogP contribution in [0, 0.1) is 13.8 Å². The van der Waals surface area contributed by atoms with Gasteiger partial charge in [0.25, 0.3) is 0 Å². The fourth-order valence-electron chi connectivity index (χ4n) is 7.16. The molecule has 2 nitrogen and oxygen atoms in total. The number of aryl methyl sites for hydroxylation is 2. The zero-order valence-electron chi connectivity index (χ0n) is 26.7. The second-order valence-electron chi connectivity index (χ2n) is 12.7. The summed E-state index contributed by atoms with van der Waals surface area (Å²) in [5.41, 5.74) is 10.2. The molecule has 2 bridgehead atoms. The fourth-order valence-corrected chi connectivity index (χ4v) is 12.4. The van der Waals surface area contributed by atoms with Crippen LogP contribution in [0.15, 0.2) is 138 Å². The maximum Gasteiger partial charge on any atom is 0.0748 e. The number of hydrogen-bond donors (Lipinski definition) is 1. The van der Waals surface area contributed by atoms with Gasteiger partial charge in [-0.1, -0.05) is 126 Å². The Hall–Kier alpha value is -4.09. The number of nitrogens with one attached hydrogen (secondary N) is 1. The molecule has 1 aliphatic carbocycles. The van der Waals surface area contributed by atoms with E-state index < -0.39 is 15.8 Å². The lowest BCUT2D eigenvalue weighted by Gasteiger charge is -2.34. The van der Waals surface area contributed by atoms with Crippen LogP contribution >= 0.6 is 15.8 Å². The molecule has 1 aliphatic heterocycles. The summed E-state index contributed by atoms with van der Waals surface area (Å²) >= 11 is 0. The van der Waals surface area contributed by atoms with Gasteiger partial charge in [0.15, 0.2) is 0 Å². The molecule has 1 aromatic heterocycles. The van der Waals surface area contributed by atoms with Gasteiger partial charge in [0.2, 0.25) is 0 Å². The second-order valence-corrected chi connectivity index (χ2v) is 17.1. The van der Waals surface area contributed by atoms with Crippen molar-refractivity contribution in [1.82, 2.24) is 4.98 Å². The van der Waals surface area contributed by atoms with E-state index in [1.54, 1.807) is 0 Å². The summed E-state index contributed by atoms with van der Waals surface area (Å²) in [6.45, 7) is 6.78. The van der Waals surface area contributed by atoms with Crippen LogP contribution in [0.4, 0.5) is 5.69 Å². The van der Waals surface area contributed by atoms with Crippen molar-refractivity contribution in [3.63, 3.8) is 0 Å². The molecule has 6 aromatic rings. The molecule has 0 fully saturated rings. The molecular weight excluding hydrogens is 594 g/mol. The Bertz CT molecular complexity index is 2150. The summed E-state index contributed by atoms with van der Waals surface area (Å²) < 4.78 is 0. The molecule has 46 heavy (non-hydrogen) atoms. The lowest BCUT2D eigenvalue weighted by Crippen LogP contribution is -2.28. The van der Waals surface area contributed by atoms with Gasteiger partial charge >= 0.3 is 0 Å². The minimum Gasteiger partial charge on any atom is -0.377 e. The van der Waals surface area contributed by atoms with Crippen LogP contribution in [0.2, 0.25) is 0 Å². The number of anilines is 1. The van der Waals surface area contributed by atoms with Gasteiger partial charge in [0.1, 0.15) is 0 Å².